The molecule has 59 heavy (non-hydrogen) atoms. The number of oxazole rings is 1. The van der Waals surface area contributed by atoms with Crippen LogP contribution in [0.25, 0.3) is 11.5 Å². The Hall–Kier alpha value is -4.18. The number of nitrogens with zero attached hydrogens (tertiary/aromatic N) is 3. The first-order chi connectivity index (χ1) is 27.7. The molecule has 2 aliphatic rings. The molecule has 1 aromatic heterocycles. The number of aromatic nitrogens is 1. The van der Waals surface area contributed by atoms with Crippen molar-refractivity contribution in [2.24, 2.45) is 0 Å². The lowest BCUT2D eigenvalue weighted by Gasteiger charge is -2.45. The number of amides is 3. The van der Waals surface area contributed by atoms with Crippen molar-refractivity contribution < 1.29 is 46.2 Å². The molecule has 2 aromatic carbocycles. The summed E-state index contributed by atoms with van der Waals surface area (Å²) in [5.74, 6) is -2.17. The summed E-state index contributed by atoms with van der Waals surface area (Å²) in [7, 11) is -1.13. The fourth-order valence-electron chi connectivity index (χ4n) is 7.51. The predicted octanol–water partition coefficient (Wildman–Crippen LogP) is 8.41. The van der Waals surface area contributed by atoms with Crippen molar-refractivity contribution in [3.63, 3.8) is 0 Å². The van der Waals surface area contributed by atoms with Gasteiger partial charge in [0.1, 0.15) is 23.5 Å². The van der Waals surface area contributed by atoms with Gasteiger partial charge in [0.25, 0.3) is 11.8 Å². The van der Waals surface area contributed by atoms with E-state index in [2.05, 4.69) is 44.2 Å². The van der Waals surface area contributed by atoms with Crippen LogP contribution in [0.2, 0.25) is 18.1 Å². The first-order valence-electron chi connectivity index (χ1n) is 20.6. The van der Waals surface area contributed by atoms with Gasteiger partial charge in [0.05, 0.1) is 49.7 Å². The molecule has 5 atom stereocenters. The van der Waals surface area contributed by atoms with Crippen LogP contribution in [0.4, 0.5) is 13.6 Å². The first kappa shape index (κ1) is 45.9. The Morgan fingerprint density at radius 1 is 1.00 bits per heavy atom. The monoisotopic (exact) mass is 840 g/mol. The number of carbonyl (C=O) groups excluding carboxylic acids is 3. The van der Waals surface area contributed by atoms with E-state index >= 15 is 0 Å². The highest BCUT2D eigenvalue weighted by Crippen LogP contribution is 2.40. The first-order valence-corrected chi connectivity index (χ1v) is 23.5. The van der Waals surface area contributed by atoms with Crippen molar-refractivity contribution in [2.75, 3.05) is 33.4 Å². The quantitative estimate of drug-likeness (QED) is 0.150. The second-order valence-electron chi connectivity index (χ2n) is 18.2. The molecule has 2 aliphatic heterocycles. The molecule has 1 N–H and O–H groups in total. The van der Waals surface area contributed by atoms with E-state index in [0.29, 0.717) is 31.7 Å². The summed E-state index contributed by atoms with van der Waals surface area (Å²) in [5, 5.41) is 2.86. The summed E-state index contributed by atoms with van der Waals surface area (Å²) in [6, 6.07) is 6.28. The maximum atomic E-state index is 14.8. The zero-order valence-corrected chi connectivity index (χ0v) is 37.2. The van der Waals surface area contributed by atoms with E-state index in [1.165, 1.54) is 30.7 Å². The van der Waals surface area contributed by atoms with Crippen molar-refractivity contribution in [3.8, 4) is 11.5 Å². The van der Waals surface area contributed by atoms with Gasteiger partial charge in [-0.1, -0.05) is 27.7 Å². The van der Waals surface area contributed by atoms with E-state index in [-0.39, 0.29) is 58.6 Å². The Morgan fingerprint density at radius 2 is 1.69 bits per heavy atom. The molecular formula is C44H62F2N4O8Si. The van der Waals surface area contributed by atoms with Crippen molar-refractivity contribution >= 4 is 26.2 Å². The van der Waals surface area contributed by atoms with E-state index in [1.807, 2.05) is 6.92 Å². The highest BCUT2D eigenvalue weighted by Gasteiger charge is 2.49. The maximum Gasteiger partial charge on any atom is 0.410 e. The molecule has 3 amide bonds. The van der Waals surface area contributed by atoms with Gasteiger partial charge in [-0.2, -0.15) is 0 Å². The molecule has 0 radical (unpaired) electrons. The van der Waals surface area contributed by atoms with Gasteiger partial charge in [0.2, 0.25) is 5.89 Å². The molecule has 0 aliphatic carbocycles. The Kier molecular flexibility index (Phi) is 14.8. The minimum Gasteiger partial charge on any atom is -0.445 e. The van der Waals surface area contributed by atoms with Crippen LogP contribution in [-0.2, 0) is 25.1 Å². The lowest BCUT2D eigenvalue weighted by atomic mass is 9.93. The fourth-order valence-corrected chi connectivity index (χ4v) is 8.86. The number of hydrogen-bond acceptors (Lipinski definition) is 9. The lowest BCUT2D eigenvalue weighted by molar-refractivity contribution is 0.000336. The Bertz CT molecular complexity index is 1890. The normalized spacial score (nSPS) is 19.8. The zero-order chi connectivity index (χ0) is 43.3. The van der Waals surface area contributed by atoms with Crippen molar-refractivity contribution in [1.82, 2.24) is 20.1 Å². The molecule has 1 unspecified atom stereocenters. The number of rotatable bonds is 15. The van der Waals surface area contributed by atoms with Gasteiger partial charge >= 0.3 is 6.09 Å². The van der Waals surface area contributed by atoms with E-state index in [0.717, 1.165) is 25.3 Å². The van der Waals surface area contributed by atoms with Crippen molar-refractivity contribution in [3.05, 3.63) is 77.2 Å². The Morgan fingerprint density at radius 3 is 2.31 bits per heavy atom. The third-order valence-corrected chi connectivity index (χ3v) is 15.8. The summed E-state index contributed by atoms with van der Waals surface area (Å²) >= 11 is 0. The number of nitrogens with one attached hydrogen (secondary N) is 1. The van der Waals surface area contributed by atoms with Gasteiger partial charge in [0.15, 0.2) is 8.32 Å². The fraction of sp³-hybridized carbons (Fsp3) is 0.591. The summed E-state index contributed by atoms with van der Waals surface area (Å²) in [5.41, 5.74) is 0.268. The molecule has 2 saturated heterocycles. The van der Waals surface area contributed by atoms with E-state index in [1.54, 1.807) is 49.8 Å². The summed E-state index contributed by atoms with van der Waals surface area (Å²) < 4.78 is 60.1. The highest BCUT2D eigenvalue weighted by molar-refractivity contribution is 6.74. The smallest absolute Gasteiger partial charge is 0.410 e. The van der Waals surface area contributed by atoms with Gasteiger partial charge in [-0.3, -0.25) is 14.5 Å². The topological polar surface area (TPSA) is 133 Å². The summed E-state index contributed by atoms with van der Waals surface area (Å²) in [6.45, 7) is 19.4. The SMILES string of the molecule is CCCO[C@@H]1C[C@H]([C@@H](O[Si](C)(C)C(C)(C)C)[C@H](Cc2cc(F)cc(F)c2)NC(=O)c2cc(C(=O)N3CCCC3COC)cc(-c3ncco3)c2)N(C(=O)OC(C)(C)C)C1. The number of ether oxygens (including phenoxy) is 3. The molecule has 12 nitrogen and oxygen atoms in total. The maximum absolute atomic E-state index is 14.8. The molecule has 2 fully saturated rings. The molecule has 3 aromatic rings. The van der Waals surface area contributed by atoms with E-state index in [4.69, 9.17) is 23.1 Å². The molecule has 0 bridgehead atoms. The van der Waals surface area contributed by atoms with E-state index in [9.17, 15) is 23.2 Å². The minimum atomic E-state index is -2.72. The van der Waals surface area contributed by atoms with Gasteiger partial charge < -0.3 is 33.3 Å². The highest BCUT2D eigenvalue weighted by atomic mass is 28.4. The van der Waals surface area contributed by atoms with Crippen LogP contribution in [-0.4, -0.2) is 110 Å². The standard InChI is InChI=1S/C44H62F2N4O8Si/c1-11-16-55-35-25-37(50(26-35)42(53)57-43(2,3)4)38(58-59(9,10)44(5,6)7)36(20-28-18-32(45)24-33(46)19-28)48-39(51)29-21-30(40-47-14-17-56-40)23-31(22-29)41(52)49-15-12-13-34(49)27-54-8/h14,17-19,21-24,34-38H,11-13,15-16,20,25-27H2,1-10H3,(H,48,51)/t34?,35-,36+,37-,38+/m1/s1. The van der Waals surface area contributed by atoms with Crippen molar-refractivity contribution in [1.29, 1.82) is 0 Å². The minimum absolute atomic E-state index is 0.0590. The van der Waals surface area contributed by atoms with Gasteiger partial charge in [-0.15, -0.1) is 0 Å². The van der Waals surface area contributed by atoms with Gasteiger partial charge in [-0.25, -0.2) is 18.6 Å². The number of carbonyl (C=O) groups is 3. The Balaban J connectivity index is 1.63. The van der Waals surface area contributed by atoms with Crippen LogP contribution in [0.15, 0.2) is 53.3 Å². The molecular weight excluding hydrogens is 779 g/mol. The largest absolute Gasteiger partial charge is 0.445 e. The number of methoxy groups -OCH3 is 1. The number of benzene rings is 2. The third kappa shape index (κ3) is 11.8. The number of likely N-dealkylation sites (tertiary alicyclic amines) is 2. The molecule has 5 rings (SSSR count). The third-order valence-electron chi connectivity index (χ3n) is 11.3. The molecule has 0 saturated carbocycles. The van der Waals surface area contributed by atoms with Crippen LogP contribution in [0.3, 0.4) is 0 Å². The second kappa shape index (κ2) is 19.0. The molecule has 0 spiro atoms. The predicted molar refractivity (Wildman–Crippen MR) is 223 cm³/mol. The van der Waals surface area contributed by atoms with Crippen LogP contribution < -0.4 is 5.32 Å². The number of halogens is 2. The number of hydrogen-bond donors (Lipinski definition) is 1. The second-order valence-corrected chi connectivity index (χ2v) is 23.0. The lowest BCUT2D eigenvalue weighted by Crippen LogP contribution is -2.60. The molecule has 3 heterocycles. The summed E-state index contributed by atoms with van der Waals surface area (Å²) in [6.07, 6.45) is 3.73. The summed E-state index contributed by atoms with van der Waals surface area (Å²) in [4.78, 5) is 50.7. The Labute approximate surface area is 348 Å². The molecule has 15 heteroatoms. The molecule has 324 valence electrons. The van der Waals surface area contributed by atoms with Gasteiger partial charge in [0, 0.05) is 43.0 Å². The van der Waals surface area contributed by atoms with Gasteiger partial charge in [-0.05, 0) is 107 Å². The van der Waals surface area contributed by atoms with Crippen LogP contribution >= 0.6 is 0 Å². The van der Waals surface area contributed by atoms with Crippen molar-refractivity contribution in [2.45, 2.75) is 135 Å². The van der Waals surface area contributed by atoms with Crippen LogP contribution in [0.5, 0.6) is 0 Å². The van der Waals surface area contributed by atoms with Crippen LogP contribution in [0, 0.1) is 11.6 Å². The zero-order valence-electron chi connectivity index (χ0n) is 36.2. The van der Waals surface area contributed by atoms with Crippen LogP contribution in [0.1, 0.15) is 100 Å². The average molecular weight is 841 g/mol. The average Bonchev–Trinajstić information content (AvgIpc) is 3.93. The van der Waals surface area contributed by atoms with E-state index < -0.39 is 55.7 Å².